The van der Waals surface area contributed by atoms with Gasteiger partial charge in [-0.15, -0.1) is 10.2 Å². The quantitative estimate of drug-likeness (QED) is 0.571. The monoisotopic (exact) mass is 300 g/mol. The normalized spacial score (nSPS) is 10.5. The van der Waals surface area contributed by atoms with Crippen LogP contribution < -0.4 is 0 Å². The van der Waals surface area contributed by atoms with E-state index in [4.69, 9.17) is 5.26 Å². The Morgan fingerprint density at radius 1 is 1.29 bits per heavy atom. The van der Waals surface area contributed by atoms with Crippen LogP contribution in [0.3, 0.4) is 0 Å². The SMILES string of the molecule is CCn1c(SCCCCC#N)nnc1-c1cccc(C)c1. The Hall–Kier alpha value is -1.80. The van der Waals surface area contributed by atoms with E-state index in [0.29, 0.717) is 6.42 Å². The van der Waals surface area contributed by atoms with E-state index in [0.717, 1.165) is 41.7 Å². The molecule has 0 atom stereocenters. The van der Waals surface area contributed by atoms with E-state index in [-0.39, 0.29) is 0 Å². The number of aryl methyl sites for hydroxylation is 1. The summed E-state index contributed by atoms with van der Waals surface area (Å²) in [6, 6.07) is 10.5. The van der Waals surface area contributed by atoms with Gasteiger partial charge in [-0.05, 0) is 32.8 Å². The number of hydrogen-bond acceptors (Lipinski definition) is 4. The molecule has 1 heterocycles. The standard InChI is InChI=1S/C16H20N4S/c1-3-20-15(14-9-7-8-13(2)12-14)18-19-16(20)21-11-6-4-5-10-17/h7-9,12H,3-6,11H2,1-2H3. The molecule has 0 aliphatic heterocycles. The number of aromatic nitrogens is 3. The van der Waals surface area contributed by atoms with Gasteiger partial charge in [0.2, 0.25) is 0 Å². The zero-order chi connectivity index (χ0) is 15.1. The van der Waals surface area contributed by atoms with Gasteiger partial charge in [-0.1, -0.05) is 35.5 Å². The molecule has 0 fully saturated rings. The summed E-state index contributed by atoms with van der Waals surface area (Å²) in [7, 11) is 0. The van der Waals surface area contributed by atoms with Gasteiger partial charge in [-0.3, -0.25) is 0 Å². The molecule has 4 nitrogen and oxygen atoms in total. The second kappa shape index (κ2) is 7.84. The fourth-order valence-corrected chi connectivity index (χ4v) is 3.15. The highest BCUT2D eigenvalue weighted by atomic mass is 32.2. The van der Waals surface area contributed by atoms with E-state index < -0.39 is 0 Å². The number of hydrogen-bond donors (Lipinski definition) is 0. The maximum Gasteiger partial charge on any atom is 0.191 e. The molecule has 1 aromatic heterocycles. The lowest BCUT2D eigenvalue weighted by Crippen LogP contribution is -2.00. The van der Waals surface area contributed by atoms with Gasteiger partial charge >= 0.3 is 0 Å². The zero-order valence-electron chi connectivity index (χ0n) is 12.5. The van der Waals surface area contributed by atoms with Crippen molar-refractivity contribution in [3.05, 3.63) is 29.8 Å². The Morgan fingerprint density at radius 2 is 2.14 bits per heavy atom. The highest BCUT2D eigenvalue weighted by Gasteiger charge is 2.12. The third-order valence-corrected chi connectivity index (χ3v) is 4.28. The molecule has 2 aromatic rings. The molecule has 0 saturated carbocycles. The third-order valence-electron chi connectivity index (χ3n) is 3.22. The van der Waals surface area contributed by atoms with Crippen LogP contribution in [-0.2, 0) is 6.54 Å². The maximum absolute atomic E-state index is 8.53. The summed E-state index contributed by atoms with van der Waals surface area (Å²) < 4.78 is 2.16. The summed E-state index contributed by atoms with van der Waals surface area (Å²) >= 11 is 1.72. The van der Waals surface area contributed by atoms with Gasteiger partial charge < -0.3 is 4.57 Å². The molecule has 5 heteroatoms. The first-order valence-electron chi connectivity index (χ1n) is 7.26. The first-order valence-corrected chi connectivity index (χ1v) is 8.24. The molecule has 0 radical (unpaired) electrons. The third kappa shape index (κ3) is 4.08. The van der Waals surface area contributed by atoms with Crippen LogP contribution in [-0.4, -0.2) is 20.5 Å². The molecular formula is C16H20N4S. The van der Waals surface area contributed by atoms with Crippen molar-refractivity contribution in [2.24, 2.45) is 0 Å². The highest BCUT2D eigenvalue weighted by molar-refractivity contribution is 7.99. The first-order chi connectivity index (χ1) is 10.3. The lowest BCUT2D eigenvalue weighted by Gasteiger charge is -2.07. The van der Waals surface area contributed by atoms with E-state index in [9.17, 15) is 0 Å². The van der Waals surface area contributed by atoms with Crippen LogP contribution in [0.15, 0.2) is 29.4 Å². The Labute approximate surface area is 130 Å². The van der Waals surface area contributed by atoms with Crippen LogP contribution >= 0.6 is 11.8 Å². The molecular weight excluding hydrogens is 280 g/mol. The Kier molecular flexibility index (Phi) is 5.82. The number of nitrogens with zero attached hydrogens (tertiary/aromatic N) is 4. The fraction of sp³-hybridized carbons (Fsp3) is 0.438. The molecule has 1 aromatic carbocycles. The minimum absolute atomic E-state index is 0.634. The van der Waals surface area contributed by atoms with E-state index in [1.165, 1.54) is 5.56 Å². The summed E-state index contributed by atoms with van der Waals surface area (Å²) in [5.74, 6) is 1.91. The smallest absolute Gasteiger partial charge is 0.191 e. The van der Waals surface area contributed by atoms with E-state index in [2.05, 4.69) is 52.9 Å². The van der Waals surface area contributed by atoms with Crippen LogP contribution in [0.5, 0.6) is 0 Å². The van der Waals surface area contributed by atoms with Crippen LogP contribution in [0.4, 0.5) is 0 Å². The summed E-state index contributed by atoms with van der Waals surface area (Å²) in [6.45, 7) is 5.06. The van der Waals surface area contributed by atoms with Crippen molar-refractivity contribution in [3.8, 4) is 17.5 Å². The topological polar surface area (TPSA) is 54.5 Å². The van der Waals surface area contributed by atoms with E-state index >= 15 is 0 Å². The van der Waals surface area contributed by atoms with Crippen molar-refractivity contribution < 1.29 is 0 Å². The number of thioether (sulfide) groups is 1. The zero-order valence-corrected chi connectivity index (χ0v) is 13.4. The number of unbranched alkanes of at least 4 members (excludes halogenated alkanes) is 2. The predicted molar refractivity (Wildman–Crippen MR) is 86.1 cm³/mol. The van der Waals surface area contributed by atoms with E-state index in [1.54, 1.807) is 11.8 Å². The van der Waals surface area contributed by atoms with Crippen molar-refractivity contribution in [2.75, 3.05) is 5.75 Å². The molecule has 0 saturated heterocycles. The first kappa shape index (κ1) is 15.6. The summed E-state index contributed by atoms with van der Waals surface area (Å²) in [5.41, 5.74) is 2.34. The highest BCUT2D eigenvalue weighted by Crippen LogP contribution is 2.25. The van der Waals surface area contributed by atoms with Crippen LogP contribution in [0, 0.1) is 18.3 Å². The molecule has 0 bridgehead atoms. The molecule has 21 heavy (non-hydrogen) atoms. The summed E-state index contributed by atoms with van der Waals surface area (Å²) in [6.07, 6.45) is 2.62. The van der Waals surface area contributed by atoms with Gasteiger partial charge in [-0.25, -0.2) is 0 Å². The predicted octanol–water partition coefficient (Wildman–Crippen LogP) is 4.06. The summed E-state index contributed by atoms with van der Waals surface area (Å²) in [5, 5.41) is 18.2. The number of benzene rings is 1. The van der Waals surface area contributed by atoms with Crippen molar-refractivity contribution in [3.63, 3.8) is 0 Å². The molecule has 110 valence electrons. The number of rotatable bonds is 7. The summed E-state index contributed by atoms with van der Waals surface area (Å²) in [4.78, 5) is 0. The van der Waals surface area contributed by atoms with Gasteiger partial charge in [0, 0.05) is 24.3 Å². The van der Waals surface area contributed by atoms with Crippen molar-refractivity contribution in [1.82, 2.24) is 14.8 Å². The second-order valence-electron chi connectivity index (χ2n) is 4.88. The van der Waals surface area contributed by atoms with Gasteiger partial charge in [0.1, 0.15) is 0 Å². The Balaban J connectivity index is 2.09. The van der Waals surface area contributed by atoms with Crippen LogP contribution in [0.1, 0.15) is 31.7 Å². The molecule has 2 rings (SSSR count). The average Bonchev–Trinajstić information content (AvgIpc) is 2.90. The largest absolute Gasteiger partial charge is 0.302 e. The molecule has 0 spiro atoms. The van der Waals surface area contributed by atoms with Crippen LogP contribution in [0.2, 0.25) is 0 Å². The van der Waals surface area contributed by atoms with E-state index in [1.807, 2.05) is 6.07 Å². The molecule has 0 N–H and O–H groups in total. The minimum Gasteiger partial charge on any atom is -0.302 e. The lowest BCUT2D eigenvalue weighted by atomic mass is 10.1. The lowest BCUT2D eigenvalue weighted by molar-refractivity contribution is 0.686. The van der Waals surface area contributed by atoms with Crippen LogP contribution in [0.25, 0.3) is 11.4 Å². The second-order valence-corrected chi connectivity index (χ2v) is 5.95. The molecule has 0 unspecified atom stereocenters. The van der Waals surface area contributed by atoms with Crippen molar-refractivity contribution >= 4 is 11.8 Å². The van der Waals surface area contributed by atoms with Gasteiger partial charge in [0.05, 0.1) is 6.07 Å². The Morgan fingerprint density at radius 3 is 2.86 bits per heavy atom. The van der Waals surface area contributed by atoms with Gasteiger partial charge in [-0.2, -0.15) is 5.26 Å². The van der Waals surface area contributed by atoms with Gasteiger partial charge in [0.15, 0.2) is 11.0 Å². The van der Waals surface area contributed by atoms with Crippen molar-refractivity contribution in [2.45, 2.75) is 44.8 Å². The van der Waals surface area contributed by atoms with Crippen molar-refractivity contribution in [1.29, 1.82) is 5.26 Å². The molecule has 0 amide bonds. The number of nitriles is 1. The average molecular weight is 300 g/mol. The molecule has 0 aliphatic carbocycles. The van der Waals surface area contributed by atoms with Gasteiger partial charge in [0.25, 0.3) is 0 Å². The minimum atomic E-state index is 0.634. The maximum atomic E-state index is 8.53. The fourth-order valence-electron chi connectivity index (χ4n) is 2.15. The molecule has 0 aliphatic rings. The Bertz CT molecular complexity index is 627.